The van der Waals surface area contributed by atoms with Gasteiger partial charge in [-0.25, -0.2) is 8.42 Å². The lowest BCUT2D eigenvalue weighted by Crippen LogP contribution is -2.49. The number of aliphatic hydroxyl groups excluding tert-OH is 1. The number of piperidine rings is 1. The molecule has 4 nitrogen and oxygen atoms in total. The van der Waals surface area contributed by atoms with Crippen molar-refractivity contribution < 1.29 is 13.5 Å². The highest BCUT2D eigenvalue weighted by Gasteiger charge is 2.35. The van der Waals surface area contributed by atoms with Crippen molar-refractivity contribution in [1.82, 2.24) is 4.90 Å². The Morgan fingerprint density at radius 2 is 1.81 bits per heavy atom. The molecule has 0 aromatic rings. The predicted octanol–water partition coefficient (Wildman–Crippen LogP) is 2.22. The van der Waals surface area contributed by atoms with Gasteiger partial charge in [0.2, 0.25) is 0 Å². The fourth-order valence-electron chi connectivity index (χ4n) is 4.00. The van der Waals surface area contributed by atoms with Gasteiger partial charge >= 0.3 is 0 Å². The Kier molecular flexibility index (Phi) is 6.51. The number of hydrogen-bond acceptors (Lipinski definition) is 4. The standard InChI is InChI=1S/C16H31NO3S/c1-2-21(19,20)13-7-12-17-11-6-5-9-15(17)14-8-3-4-10-16(14)18/h14-16,18H,2-13H2,1H3. The van der Waals surface area contributed by atoms with Crippen LogP contribution < -0.4 is 0 Å². The van der Waals surface area contributed by atoms with E-state index >= 15 is 0 Å². The van der Waals surface area contributed by atoms with Crippen molar-refractivity contribution in [2.75, 3.05) is 24.6 Å². The molecule has 1 heterocycles. The number of nitrogens with zero attached hydrogens (tertiary/aromatic N) is 1. The summed E-state index contributed by atoms with van der Waals surface area (Å²) in [5.41, 5.74) is 0. The largest absolute Gasteiger partial charge is 0.393 e. The highest BCUT2D eigenvalue weighted by molar-refractivity contribution is 7.91. The maximum Gasteiger partial charge on any atom is 0.150 e. The van der Waals surface area contributed by atoms with Gasteiger partial charge in [-0.3, -0.25) is 4.90 Å². The molecule has 0 aromatic carbocycles. The first-order chi connectivity index (χ1) is 10.0. The van der Waals surface area contributed by atoms with E-state index in [9.17, 15) is 13.5 Å². The van der Waals surface area contributed by atoms with Crippen LogP contribution in [-0.2, 0) is 9.84 Å². The highest BCUT2D eigenvalue weighted by atomic mass is 32.2. The molecule has 1 aliphatic carbocycles. The molecule has 3 atom stereocenters. The van der Waals surface area contributed by atoms with Crippen LogP contribution in [0.4, 0.5) is 0 Å². The maximum atomic E-state index is 11.6. The zero-order valence-corrected chi connectivity index (χ0v) is 14.2. The van der Waals surface area contributed by atoms with Crippen LogP contribution in [0.3, 0.4) is 0 Å². The Morgan fingerprint density at radius 3 is 2.52 bits per heavy atom. The van der Waals surface area contributed by atoms with Crippen molar-refractivity contribution in [2.24, 2.45) is 5.92 Å². The summed E-state index contributed by atoms with van der Waals surface area (Å²) in [5.74, 6) is 0.958. The molecule has 1 N–H and O–H groups in total. The lowest BCUT2D eigenvalue weighted by molar-refractivity contribution is -0.00536. The molecule has 0 radical (unpaired) electrons. The normalized spacial score (nSPS) is 32.2. The van der Waals surface area contributed by atoms with Crippen molar-refractivity contribution >= 4 is 9.84 Å². The third kappa shape index (κ3) is 4.93. The lowest BCUT2D eigenvalue weighted by Gasteiger charge is -2.43. The van der Waals surface area contributed by atoms with Crippen LogP contribution in [0, 0.1) is 5.92 Å². The Labute approximate surface area is 129 Å². The van der Waals surface area contributed by atoms with Crippen molar-refractivity contribution in [3.8, 4) is 0 Å². The lowest BCUT2D eigenvalue weighted by atomic mass is 9.78. The molecule has 5 heteroatoms. The van der Waals surface area contributed by atoms with Crippen LogP contribution in [0.15, 0.2) is 0 Å². The molecule has 2 aliphatic rings. The van der Waals surface area contributed by atoms with E-state index in [1.54, 1.807) is 6.92 Å². The summed E-state index contributed by atoms with van der Waals surface area (Å²) in [5, 5.41) is 10.3. The van der Waals surface area contributed by atoms with Gasteiger partial charge in [0.25, 0.3) is 0 Å². The topological polar surface area (TPSA) is 57.6 Å². The summed E-state index contributed by atoms with van der Waals surface area (Å²) in [7, 11) is -2.85. The molecule has 21 heavy (non-hydrogen) atoms. The van der Waals surface area contributed by atoms with Gasteiger partial charge in [0.1, 0.15) is 9.84 Å². The molecule has 0 aromatic heterocycles. The van der Waals surface area contributed by atoms with Crippen LogP contribution >= 0.6 is 0 Å². The summed E-state index contributed by atoms with van der Waals surface area (Å²) in [4.78, 5) is 2.47. The van der Waals surface area contributed by atoms with Crippen molar-refractivity contribution in [3.63, 3.8) is 0 Å². The second-order valence-corrected chi connectivity index (χ2v) is 9.18. The Morgan fingerprint density at radius 1 is 1.10 bits per heavy atom. The van der Waals surface area contributed by atoms with Crippen molar-refractivity contribution in [3.05, 3.63) is 0 Å². The third-order valence-corrected chi connectivity index (χ3v) is 7.07. The van der Waals surface area contributed by atoms with Gasteiger partial charge in [-0.2, -0.15) is 0 Å². The second kappa shape index (κ2) is 7.93. The average molecular weight is 317 g/mol. The molecule has 1 saturated carbocycles. The maximum absolute atomic E-state index is 11.6. The molecular formula is C16H31NO3S. The van der Waals surface area contributed by atoms with Gasteiger partial charge in [-0.15, -0.1) is 0 Å². The summed E-state index contributed by atoms with van der Waals surface area (Å²) in [6, 6.07) is 0.471. The van der Waals surface area contributed by atoms with Crippen molar-refractivity contribution in [1.29, 1.82) is 0 Å². The monoisotopic (exact) mass is 317 g/mol. The van der Waals surface area contributed by atoms with E-state index in [0.29, 0.717) is 17.7 Å². The smallest absolute Gasteiger partial charge is 0.150 e. The highest BCUT2D eigenvalue weighted by Crippen LogP contribution is 2.34. The third-order valence-electron chi connectivity index (χ3n) is 5.28. The van der Waals surface area contributed by atoms with E-state index in [1.807, 2.05) is 0 Å². The SMILES string of the molecule is CCS(=O)(=O)CCCN1CCCCC1C1CCCCC1O. The quantitative estimate of drug-likeness (QED) is 0.816. The summed E-state index contributed by atoms with van der Waals surface area (Å²) in [6.07, 6.45) is 8.67. The average Bonchev–Trinajstić information content (AvgIpc) is 2.48. The number of aliphatic hydroxyl groups is 1. The Hall–Kier alpha value is -0.130. The van der Waals surface area contributed by atoms with E-state index in [-0.39, 0.29) is 11.9 Å². The van der Waals surface area contributed by atoms with Gasteiger partial charge in [0.05, 0.1) is 11.9 Å². The minimum Gasteiger partial charge on any atom is -0.393 e. The van der Waals surface area contributed by atoms with E-state index < -0.39 is 9.84 Å². The molecule has 2 rings (SSSR count). The molecule has 0 amide bonds. The zero-order valence-electron chi connectivity index (χ0n) is 13.3. The molecule has 2 fully saturated rings. The van der Waals surface area contributed by atoms with E-state index in [4.69, 9.17) is 0 Å². The van der Waals surface area contributed by atoms with Gasteiger partial charge in [0.15, 0.2) is 0 Å². The number of hydrogen-bond donors (Lipinski definition) is 1. The fraction of sp³-hybridized carbons (Fsp3) is 1.00. The van der Waals surface area contributed by atoms with Crippen LogP contribution in [0.5, 0.6) is 0 Å². The Bertz CT molecular complexity index is 410. The molecule has 1 aliphatic heterocycles. The summed E-state index contributed by atoms with van der Waals surface area (Å²) >= 11 is 0. The molecule has 0 bridgehead atoms. The summed E-state index contributed by atoms with van der Waals surface area (Å²) in [6.45, 7) is 3.66. The number of sulfone groups is 1. The molecule has 0 spiro atoms. The molecule has 124 valence electrons. The minimum absolute atomic E-state index is 0.149. The van der Waals surface area contributed by atoms with Crippen LogP contribution in [0.1, 0.15) is 58.3 Å². The van der Waals surface area contributed by atoms with Gasteiger partial charge in [0, 0.05) is 17.7 Å². The number of rotatable bonds is 6. The first-order valence-corrected chi connectivity index (χ1v) is 10.5. The van der Waals surface area contributed by atoms with Crippen LogP contribution in [-0.4, -0.2) is 55.2 Å². The van der Waals surface area contributed by atoms with Gasteiger partial charge in [-0.1, -0.05) is 26.2 Å². The minimum atomic E-state index is -2.85. The number of likely N-dealkylation sites (tertiary alicyclic amines) is 1. The molecular weight excluding hydrogens is 286 g/mol. The van der Waals surface area contributed by atoms with Crippen LogP contribution in [0.2, 0.25) is 0 Å². The van der Waals surface area contributed by atoms with E-state index in [2.05, 4.69) is 4.90 Å². The molecule has 1 saturated heterocycles. The van der Waals surface area contributed by atoms with Crippen molar-refractivity contribution in [2.45, 2.75) is 70.4 Å². The van der Waals surface area contributed by atoms with Gasteiger partial charge in [-0.05, 0) is 45.2 Å². The van der Waals surface area contributed by atoms with Gasteiger partial charge < -0.3 is 5.11 Å². The van der Waals surface area contributed by atoms with E-state index in [1.165, 1.54) is 25.7 Å². The second-order valence-electron chi connectivity index (χ2n) is 6.70. The summed E-state index contributed by atoms with van der Waals surface area (Å²) < 4.78 is 23.2. The predicted molar refractivity (Wildman–Crippen MR) is 86.1 cm³/mol. The zero-order chi connectivity index (χ0) is 15.3. The molecule has 3 unspecified atom stereocenters. The fourth-order valence-corrected chi connectivity index (χ4v) is 4.86. The van der Waals surface area contributed by atoms with Crippen LogP contribution in [0.25, 0.3) is 0 Å². The Balaban J connectivity index is 1.89. The first-order valence-electron chi connectivity index (χ1n) is 8.66. The van der Waals surface area contributed by atoms with E-state index in [0.717, 1.165) is 38.8 Å². The first kappa shape index (κ1) is 17.2.